The van der Waals surface area contributed by atoms with Crippen molar-refractivity contribution in [2.45, 2.75) is 36.3 Å². The Morgan fingerprint density at radius 1 is 0.510 bits per heavy atom. The van der Waals surface area contributed by atoms with Gasteiger partial charge in [0.25, 0.3) is 11.8 Å². The van der Waals surface area contributed by atoms with E-state index in [2.05, 4.69) is 114 Å². The maximum absolute atomic E-state index is 14.8. The first kappa shape index (κ1) is 29.8. The summed E-state index contributed by atoms with van der Waals surface area (Å²) in [7, 11) is -0.999. The minimum Gasteiger partial charge on any atom is -0.347 e. The minimum absolute atomic E-state index is 0.0339. The van der Waals surface area contributed by atoms with Crippen LogP contribution in [0, 0.1) is 6.92 Å². The summed E-state index contributed by atoms with van der Waals surface area (Å²) < 4.78 is 0. The van der Waals surface area contributed by atoms with Gasteiger partial charge in [0.15, 0.2) is 0 Å². The van der Waals surface area contributed by atoms with E-state index in [0.717, 1.165) is 10.9 Å². The fourth-order valence-corrected chi connectivity index (χ4v) is 11.5. The number of nitrogens with one attached hydrogen (secondary N) is 2. The average Bonchev–Trinajstić information content (AvgIpc) is 3.32. The van der Waals surface area contributed by atoms with Gasteiger partial charge in [-0.15, -0.1) is 0 Å². The predicted molar refractivity (Wildman–Crippen MR) is 198 cm³/mol. The van der Waals surface area contributed by atoms with E-state index in [1.807, 2.05) is 61.5 Å². The van der Waals surface area contributed by atoms with Crippen molar-refractivity contribution in [3.05, 3.63) is 197 Å². The van der Waals surface area contributed by atoms with Crippen LogP contribution in [0.15, 0.2) is 158 Å². The molecule has 0 heterocycles. The van der Waals surface area contributed by atoms with E-state index >= 15 is 0 Å². The standard InChI is InChI=1S/C44H35N2O2P/c1-28-16-8-9-21-31(28)42(47)45-40-38-32-22-10-13-25-35(32)44(38)36-26-14-11-23-33(36)39(44)41(40)46-43(48)34-24-12-15-27-37(34)49(29-17-4-2-5-18-29)30-19-6-3-7-20-30/h2-27,38-41H,1H3,(H,45,47)(H,46,48)/t38?,39-,40-,41-,44-/m1/s1. The first-order valence-electron chi connectivity index (χ1n) is 16.9. The first-order chi connectivity index (χ1) is 24.1. The van der Waals surface area contributed by atoms with Crippen LogP contribution in [-0.4, -0.2) is 23.9 Å². The molecule has 0 bridgehead atoms. The number of hydrogen-bond donors (Lipinski definition) is 2. The van der Waals surface area contributed by atoms with Crippen LogP contribution >= 0.6 is 7.92 Å². The molecule has 3 aliphatic rings. The molecule has 1 fully saturated rings. The van der Waals surface area contributed by atoms with Crippen molar-refractivity contribution >= 4 is 35.6 Å². The lowest BCUT2D eigenvalue weighted by atomic mass is 9.43. The monoisotopic (exact) mass is 654 g/mol. The summed E-state index contributed by atoms with van der Waals surface area (Å²) in [4.78, 5) is 28.9. The van der Waals surface area contributed by atoms with Crippen molar-refractivity contribution in [1.29, 1.82) is 0 Å². The van der Waals surface area contributed by atoms with Crippen molar-refractivity contribution in [1.82, 2.24) is 10.6 Å². The topological polar surface area (TPSA) is 58.2 Å². The Morgan fingerprint density at radius 2 is 0.939 bits per heavy atom. The van der Waals surface area contributed by atoms with Crippen molar-refractivity contribution in [3.8, 4) is 0 Å². The van der Waals surface area contributed by atoms with Crippen molar-refractivity contribution < 1.29 is 9.59 Å². The highest BCUT2D eigenvalue weighted by Crippen LogP contribution is 2.75. The molecule has 1 unspecified atom stereocenters. The molecular weight excluding hydrogens is 619 g/mol. The van der Waals surface area contributed by atoms with Crippen LogP contribution in [0.2, 0.25) is 0 Å². The van der Waals surface area contributed by atoms with Crippen LogP contribution in [0.3, 0.4) is 0 Å². The van der Waals surface area contributed by atoms with E-state index < -0.39 is 7.92 Å². The Bertz CT molecular complexity index is 2200. The third kappa shape index (κ3) is 4.40. The molecule has 0 aliphatic heterocycles. The van der Waals surface area contributed by atoms with Crippen molar-refractivity contribution in [3.63, 3.8) is 0 Å². The van der Waals surface area contributed by atoms with E-state index in [9.17, 15) is 9.59 Å². The largest absolute Gasteiger partial charge is 0.347 e. The first-order valence-corrected chi connectivity index (χ1v) is 18.3. The lowest BCUT2D eigenvalue weighted by Gasteiger charge is -2.58. The maximum atomic E-state index is 14.8. The number of carbonyl (C=O) groups is 2. The highest BCUT2D eigenvalue weighted by Gasteiger charge is 2.74. The summed E-state index contributed by atoms with van der Waals surface area (Å²) in [5, 5.41) is 10.5. The zero-order valence-corrected chi connectivity index (χ0v) is 28.0. The van der Waals surface area contributed by atoms with Gasteiger partial charge >= 0.3 is 0 Å². The Kier molecular flexibility index (Phi) is 7.11. The van der Waals surface area contributed by atoms with Gasteiger partial charge in [0, 0.05) is 28.4 Å². The molecule has 3 aliphatic carbocycles. The molecule has 4 nitrogen and oxygen atoms in total. The van der Waals surface area contributed by atoms with Crippen LogP contribution in [0.1, 0.15) is 60.4 Å². The van der Waals surface area contributed by atoms with E-state index in [1.54, 1.807) is 0 Å². The smallest absolute Gasteiger partial charge is 0.252 e. The fraction of sp³-hybridized carbons (Fsp3) is 0.136. The van der Waals surface area contributed by atoms with Crippen LogP contribution in [0.4, 0.5) is 0 Å². The maximum Gasteiger partial charge on any atom is 0.252 e. The third-order valence-corrected chi connectivity index (χ3v) is 13.5. The van der Waals surface area contributed by atoms with E-state index in [-0.39, 0.29) is 41.1 Å². The lowest BCUT2D eigenvalue weighted by molar-refractivity contribution is 0.0885. The highest BCUT2D eigenvalue weighted by atomic mass is 31.1. The second-order valence-corrected chi connectivity index (χ2v) is 15.5. The molecule has 238 valence electrons. The summed E-state index contributed by atoms with van der Waals surface area (Å²) >= 11 is 0. The summed E-state index contributed by atoms with van der Waals surface area (Å²) in [6, 6.07) is 53.4. The average molecular weight is 655 g/mol. The molecule has 0 saturated heterocycles. The summed E-state index contributed by atoms with van der Waals surface area (Å²) in [5.74, 6) is -0.140. The molecule has 9 rings (SSSR count). The summed E-state index contributed by atoms with van der Waals surface area (Å²) in [6.45, 7) is 1.97. The number of hydrogen-bond acceptors (Lipinski definition) is 2. The molecule has 49 heavy (non-hydrogen) atoms. The number of aryl methyl sites for hydroxylation is 1. The van der Waals surface area contributed by atoms with E-state index in [4.69, 9.17) is 0 Å². The molecular formula is C44H35N2O2P. The van der Waals surface area contributed by atoms with Crippen molar-refractivity contribution in [2.24, 2.45) is 0 Å². The lowest BCUT2D eigenvalue weighted by Crippen LogP contribution is -2.54. The SMILES string of the molecule is Cc1ccccc1C(=O)N[C@@H]1C2c3ccccc3[C@@]23c2ccccc2[C@@H]3[C@H]1NC(=O)c1ccccc1P(c1ccccc1)c1ccccc1. The molecule has 5 atom stereocenters. The quantitative estimate of drug-likeness (QED) is 0.185. The Labute approximate surface area is 288 Å². The van der Waals surface area contributed by atoms with E-state index in [0.29, 0.717) is 11.1 Å². The summed E-state index contributed by atoms with van der Waals surface area (Å²) in [5.41, 5.74) is 7.14. The van der Waals surface area contributed by atoms with Crippen molar-refractivity contribution in [2.75, 3.05) is 0 Å². The predicted octanol–water partition coefficient (Wildman–Crippen LogP) is 6.84. The normalized spacial score (nSPS) is 22.4. The number of benzene rings is 6. The van der Waals surface area contributed by atoms with Crippen LogP contribution in [0.25, 0.3) is 0 Å². The van der Waals surface area contributed by atoms with Gasteiger partial charge in [0.05, 0.1) is 12.1 Å². The molecule has 5 heteroatoms. The second-order valence-electron chi connectivity index (χ2n) is 13.3. The zero-order chi connectivity index (χ0) is 33.1. The minimum atomic E-state index is -0.999. The Balaban J connectivity index is 1.15. The Hall–Kier alpha value is -5.31. The Morgan fingerprint density at radius 3 is 1.49 bits per heavy atom. The number of carbonyl (C=O) groups excluding carboxylic acids is 2. The summed E-state index contributed by atoms with van der Waals surface area (Å²) in [6.07, 6.45) is 0. The van der Waals surface area contributed by atoms with Gasteiger partial charge in [0.2, 0.25) is 0 Å². The molecule has 1 spiro atoms. The molecule has 0 aromatic heterocycles. The number of fused-ring (bicyclic) bond motifs is 4. The van der Waals surface area contributed by atoms with Gasteiger partial charge in [-0.1, -0.05) is 146 Å². The zero-order valence-electron chi connectivity index (χ0n) is 27.1. The van der Waals surface area contributed by atoms with Crippen LogP contribution < -0.4 is 26.5 Å². The number of rotatable bonds is 7. The van der Waals surface area contributed by atoms with Gasteiger partial charge in [-0.3, -0.25) is 9.59 Å². The molecule has 2 N–H and O–H groups in total. The van der Waals surface area contributed by atoms with E-state index in [1.165, 1.54) is 32.9 Å². The van der Waals surface area contributed by atoms with Gasteiger partial charge in [-0.05, 0) is 70.7 Å². The molecule has 6 aromatic carbocycles. The second kappa shape index (κ2) is 11.7. The van der Waals surface area contributed by atoms with Gasteiger partial charge in [0.1, 0.15) is 0 Å². The van der Waals surface area contributed by atoms with Gasteiger partial charge in [-0.2, -0.15) is 0 Å². The van der Waals surface area contributed by atoms with Crippen LogP contribution in [-0.2, 0) is 5.41 Å². The third-order valence-electron chi connectivity index (χ3n) is 11.0. The molecule has 6 aromatic rings. The van der Waals surface area contributed by atoms with Gasteiger partial charge in [-0.25, -0.2) is 0 Å². The van der Waals surface area contributed by atoms with Crippen LogP contribution in [0.5, 0.6) is 0 Å². The number of amides is 2. The highest BCUT2D eigenvalue weighted by molar-refractivity contribution is 7.80. The molecule has 2 amide bonds. The van der Waals surface area contributed by atoms with Gasteiger partial charge < -0.3 is 10.6 Å². The fourth-order valence-electron chi connectivity index (χ4n) is 9.08. The molecule has 0 radical (unpaired) electrons. The molecule has 1 saturated carbocycles.